The number of carbonyl (C=O) groups excluding carboxylic acids is 1. The van der Waals surface area contributed by atoms with Crippen molar-refractivity contribution >= 4 is 5.91 Å². The summed E-state index contributed by atoms with van der Waals surface area (Å²) in [6.45, 7) is 0.655. The lowest BCUT2D eigenvalue weighted by atomic mass is 10.1. The highest BCUT2D eigenvalue weighted by molar-refractivity contribution is 5.93. The molecule has 1 N–H and O–H groups in total. The van der Waals surface area contributed by atoms with Crippen LogP contribution < -0.4 is 5.32 Å². The number of hydrogen-bond donors (Lipinski definition) is 1. The van der Waals surface area contributed by atoms with Gasteiger partial charge >= 0.3 is 0 Å². The molecule has 0 unspecified atom stereocenters. The summed E-state index contributed by atoms with van der Waals surface area (Å²) < 4.78 is 0. The maximum Gasteiger partial charge on any atom is 0.252 e. The Morgan fingerprint density at radius 1 is 1.11 bits per heavy atom. The highest BCUT2D eigenvalue weighted by Gasteiger charge is 2.03. The van der Waals surface area contributed by atoms with Crippen molar-refractivity contribution in [2.45, 2.75) is 12.8 Å². The standard InChI is InChI=1S/C14H15N3O/c18-14(13-6-3-8-16-11-13)17-9-2-5-12-4-1-7-15-10-12/h1,3-4,6-8,10-11H,2,5,9H2,(H,17,18). The first kappa shape index (κ1) is 12.2. The van der Waals surface area contributed by atoms with E-state index in [9.17, 15) is 4.79 Å². The summed E-state index contributed by atoms with van der Waals surface area (Å²) in [6, 6.07) is 7.47. The van der Waals surface area contributed by atoms with Crippen molar-refractivity contribution in [1.82, 2.24) is 15.3 Å². The van der Waals surface area contributed by atoms with Gasteiger partial charge in [0.2, 0.25) is 0 Å². The average Bonchev–Trinajstić information content (AvgIpc) is 2.45. The monoisotopic (exact) mass is 241 g/mol. The second-order valence-corrected chi connectivity index (χ2v) is 3.96. The smallest absolute Gasteiger partial charge is 0.252 e. The van der Waals surface area contributed by atoms with Crippen molar-refractivity contribution in [3.05, 3.63) is 60.2 Å². The Morgan fingerprint density at radius 2 is 1.89 bits per heavy atom. The largest absolute Gasteiger partial charge is 0.352 e. The van der Waals surface area contributed by atoms with Crippen molar-refractivity contribution in [1.29, 1.82) is 0 Å². The summed E-state index contributed by atoms with van der Waals surface area (Å²) in [5.41, 5.74) is 1.78. The van der Waals surface area contributed by atoms with Gasteiger partial charge in [-0.3, -0.25) is 14.8 Å². The number of nitrogens with zero attached hydrogens (tertiary/aromatic N) is 2. The number of carbonyl (C=O) groups is 1. The zero-order chi connectivity index (χ0) is 12.6. The molecule has 0 saturated heterocycles. The molecule has 4 heteroatoms. The van der Waals surface area contributed by atoms with E-state index in [1.54, 1.807) is 30.7 Å². The Morgan fingerprint density at radius 3 is 2.56 bits per heavy atom. The van der Waals surface area contributed by atoms with Crippen LogP contribution in [0.3, 0.4) is 0 Å². The van der Waals surface area contributed by atoms with Crippen molar-refractivity contribution in [2.24, 2.45) is 0 Å². The molecule has 1 amide bonds. The maximum absolute atomic E-state index is 11.7. The van der Waals surface area contributed by atoms with Gasteiger partial charge in [0.15, 0.2) is 0 Å². The zero-order valence-electron chi connectivity index (χ0n) is 10.0. The maximum atomic E-state index is 11.7. The summed E-state index contributed by atoms with van der Waals surface area (Å²) in [4.78, 5) is 19.7. The minimum absolute atomic E-state index is 0.0747. The molecule has 92 valence electrons. The van der Waals surface area contributed by atoms with Crippen LogP contribution in [0.4, 0.5) is 0 Å². The van der Waals surface area contributed by atoms with Gasteiger partial charge in [-0.15, -0.1) is 0 Å². The van der Waals surface area contributed by atoms with Gasteiger partial charge in [0.05, 0.1) is 5.56 Å². The van der Waals surface area contributed by atoms with Gasteiger partial charge in [-0.25, -0.2) is 0 Å². The molecule has 0 aliphatic rings. The first-order valence-electron chi connectivity index (χ1n) is 5.93. The third kappa shape index (κ3) is 3.66. The molecule has 0 saturated carbocycles. The molecule has 2 aromatic rings. The fourth-order valence-electron chi connectivity index (χ4n) is 1.64. The lowest BCUT2D eigenvalue weighted by Crippen LogP contribution is -2.24. The molecule has 2 heterocycles. The highest BCUT2D eigenvalue weighted by Crippen LogP contribution is 2.00. The van der Waals surface area contributed by atoms with Crippen LogP contribution in [-0.4, -0.2) is 22.4 Å². The van der Waals surface area contributed by atoms with E-state index < -0.39 is 0 Å². The van der Waals surface area contributed by atoms with Crippen molar-refractivity contribution in [3.8, 4) is 0 Å². The molecular weight excluding hydrogens is 226 g/mol. The molecule has 18 heavy (non-hydrogen) atoms. The highest BCUT2D eigenvalue weighted by atomic mass is 16.1. The van der Waals surface area contributed by atoms with Crippen LogP contribution in [0.1, 0.15) is 22.3 Å². The normalized spacial score (nSPS) is 10.0. The number of hydrogen-bond acceptors (Lipinski definition) is 3. The number of amides is 1. The van der Waals surface area contributed by atoms with Crippen LogP contribution in [0.2, 0.25) is 0 Å². The minimum atomic E-state index is -0.0747. The van der Waals surface area contributed by atoms with Gasteiger partial charge in [0.1, 0.15) is 0 Å². The van der Waals surface area contributed by atoms with Gasteiger partial charge in [-0.1, -0.05) is 6.07 Å². The van der Waals surface area contributed by atoms with Gasteiger partial charge in [0.25, 0.3) is 5.91 Å². The number of nitrogens with one attached hydrogen (secondary N) is 1. The SMILES string of the molecule is O=C(NCCCc1cccnc1)c1cccnc1. The van der Waals surface area contributed by atoms with Crippen LogP contribution in [0.5, 0.6) is 0 Å². The number of aryl methyl sites for hydroxylation is 1. The van der Waals surface area contributed by atoms with Crippen LogP contribution in [0.15, 0.2) is 49.1 Å². The second-order valence-electron chi connectivity index (χ2n) is 3.96. The molecule has 0 radical (unpaired) electrons. The molecule has 0 aliphatic carbocycles. The Kier molecular flexibility index (Phi) is 4.41. The molecular formula is C14H15N3O. The summed E-state index contributed by atoms with van der Waals surface area (Å²) in [7, 11) is 0. The predicted octanol–water partition coefficient (Wildman–Crippen LogP) is 1.84. The van der Waals surface area contributed by atoms with E-state index in [1.807, 2.05) is 18.3 Å². The van der Waals surface area contributed by atoms with Gasteiger partial charge in [-0.05, 0) is 36.6 Å². The lowest BCUT2D eigenvalue weighted by Gasteiger charge is -2.04. The van der Waals surface area contributed by atoms with Crippen LogP contribution in [0, 0.1) is 0 Å². The molecule has 0 aromatic carbocycles. The second kappa shape index (κ2) is 6.49. The van der Waals surface area contributed by atoms with E-state index in [4.69, 9.17) is 0 Å². The molecule has 4 nitrogen and oxygen atoms in total. The van der Waals surface area contributed by atoms with E-state index in [1.165, 1.54) is 5.56 Å². The topological polar surface area (TPSA) is 54.9 Å². The third-order valence-corrected chi connectivity index (χ3v) is 2.57. The van der Waals surface area contributed by atoms with Crippen LogP contribution >= 0.6 is 0 Å². The van der Waals surface area contributed by atoms with Crippen molar-refractivity contribution in [2.75, 3.05) is 6.54 Å². The molecule has 2 rings (SSSR count). The van der Waals surface area contributed by atoms with Gasteiger partial charge in [0, 0.05) is 31.3 Å². The van der Waals surface area contributed by atoms with E-state index in [0.29, 0.717) is 12.1 Å². The van der Waals surface area contributed by atoms with Crippen molar-refractivity contribution < 1.29 is 4.79 Å². The fourth-order valence-corrected chi connectivity index (χ4v) is 1.64. The number of aromatic nitrogens is 2. The first-order chi connectivity index (χ1) is 8.86. The van der Waals surface area contributed by atoms with Crippen LogP contribution in [0.25, 0.3) is 0 Å². The third-order valence-electron chi connectivity index (χ3n) is 2.57. The summed E-state index contributed by atoms with van der Waals surface area (Å²) in [5, 5.41) is 2.87. The number of rotatable bonds is 5. The minimum Gasteiger partial charge on any atom is -0.352 e. The van der Waals surface area contributed by atoms with E-state index >= 15 is 0 Å². The van der Waals surface area contributed by atoms with E-state index in [-0.39, 0.29) is 5.91 Å². The molecule has 0 fully saturated rings. The van der Waals surface area contributed by atoms with E-state index in [0.717, 1.165) is 12.8 Å². The summed E-state index contributed by atoms with van der Waals surface area (Å²) in [5.74, 6) is -0.0747. The van der Waals surface area contributed by atoms with Gasteiger partial charge in [-0.2, -0.15) is 0 Å². The first-order valence-corrected chi connectivity index (χ1v) is 5.93. The number of pyridine rings is 2. The molecule has 0 spiro atoms. The molecule has 2 aromatic heterocycles. The Labute approximate surface area is 106 Å². The molecule has 0 aliphatic heterocycles. The van der Waals surface area contributed by atoms with Gasteiger partial charge < -0.3 is 5.32 Å². The Bertz CT molecular complexity index is 485. The zero-order valence-corrected chi connectivity index (χ0v) is 10.0. The Hall–Kier alpha value is -2.23. The summed E-state index contributed by atoms with van der Waals surface area (Å²) in [6.07, 6.45) is 8.64. The molecule has 0 bridgehead atoms. The molecule has 0 atom stereocenters. The fraction of sp³-hybridized carbons (Fsp3) is 0.214. The van der Waals surface area contributed by atoms with E-state index in [2.05, 4.69) is 15.3 Å². The average molecular weight is 241 g/mol. The predicted molar refractivity (Wildman–Crippen MR) is 69.1 cm³/mol. The summed E-state index contributed by atoms with van der Waals surface area (Å²) >= 11 is 0. The lowest BCUT2D eigenvalue weighted by molar-refractivity contribution is 0.0953. The Balaban J connectivity index is 1.72. The van der Waals surface area contributed by atoms with Crippen LogP contribution in [-0.2, 0) is 6.42 Å². The quantitative estimate of drug-likeness (QED) is 0.813. The van der Waals surface area contributed by atoms with Crippen molar-refractivity contribution in [3.63, 3.8) is 0 Å².